The largest absolute Gasteiger partial charge is 0.388 e. The van der Waals surface area contributed by atoms with E-state index in [9.17, 15) is 5.11 Å². The number of fused-ring (bicyclic) bond motifs is 1. The molecule has 2 atom stereocenters. The standard InChI is InChI=1S/C8H12N2OS/c9-3-5-1-7(11)6-4-10-12-8(6)2-5/h4-5,7,11H,1-3,9H2. The van der Waals surface area contributed by atoms with E-state index in [0.717, 1.165) is 18.4 Å². The summed E-state index contributed by atoms with van der Waals surface area (Å²) in [5.74, 6) is 0.438. The lowest BCUT2D eigenvalue weighted by Crippen LogP contribution is -2.23. The van der Waals surface area contributed by atoms with Crippen molar-refractivity contribution in [1.29, 1.82) is 0 Å². The van der Waals surface area contributed by atoms with Gasteiger partial charge >= 0.3 is 0 Å². The molecule has 0 radical (unpaired) electrons. The van der Waals surface area contributed by atoms with Crippen LogP contribution in [0.15, 0.2) is 6.20 Å². The summed E-state index contributed by atoms with van der Waals surface area (Å²) in [4.78, 5) is 1.21. The van der Waals surface area contributed by atoms with E-state index in [2.05, 4.69) is 4.37 Å². The minimum Gasteiger partial charge on any atom is -0.388 e. The van der Waals surface area contributed by atoms with E-state index in [-0.39, 0.29) is 6.10 Å². The molecule has 1 aromatic heterocycles. The smallest absolute Gasteiger partial charge is 0.0819 e. The minimum absolute atomic E-state index is 0.332. The second-order valence-corrected chi connectivity index (χ2v) is 4.15. The van der Waals surface area contributed by atoms with Crippen molar-refractivity contribution in [2.75, 3.05) is 6.54 Å². The number of aromatic nitrogens is 1. The third-order valence-corrected chi connectivity index (χ3v) is 3.23. The zero-order valence-electron chi connectivity index (χ0n) is 6.73. The number of nitrogens with zero attached hydrogens (tertiary/aromatic N) is 1. The molecule has 3 nitrogen and oxygen atoms in total. The van der Waals surface area contributed by atoms with Crippen LogP contribution in [0, 0.1) is 5.92 Å². The van der Waals surface area contributed by atoms with Gasteiger partial charge in [-0.1, -0.05) is 0 Å². The molecule has 0 aromatic carbocycles. The minimum atomic E-state index is -0.332. The number of aliphatic hydroxyl groups is 1. The highest BCUT2D eigenvalue weighted by Crippen LogP contribution is 2.34. The Bertz CT molecular complexity index is 274. The molecule has 1 aliphatic carbocycles. The van der Waals surface area contributed by atoms with Gasteiger partial charge in [0.05, 0.1) is 6.10 Å². The quantitative estimate of drug-likeness (QED) is 0.675. The summed E-state index contributed by atoms with van der Waals surface area (Å²) in [5.41, 5.74) is 6.58. The lowest BCUT2D eigenvalue weighted by molar-refractivity contribution is 0.135. The molecule has 1 heterocycles. The van der Waals surface area contributed by atoms with Crippen LogP contribution in [0.4, 0.5) is 0 Å². The summed E-state index contributed by atoms with van der Waals surface area (Å²) < 4.78 is 4.06. The number of hydrogen-bond donors (Lipinski definition) is 2. The van der Waals surface area contributed by atoms with Gasteiger partial charge in [-0.3, -0.25) is 0 Å². The Morgan fingerprint density at radius 3 is 3.33 bits per heavy atom. The Morgan fingerprint density at radius 2 is 2.58 bits per heavy atom. The molecular formula is C8H12N2OS. The second kappa shape index (κ2) is 3.12. The average Bonchev–Trinajstić information content (AvgIpc) is 2.52. The van der Waals surface area contributed by atoms with E-state index in [4.69, 9.17) is 5.73 Å². The number of aliphatic hydroxyl groups excluding tert-OH is 1. The van der Waals surface area contributed by atoms with Gasteiger partial charge in [-0.2, -0.15) is 0 Å². The highest BCUT2D eigenvalue weighted by atomic mass is 32.1. The Kier molecular flexibility index (Phi) is 2.12. The lowest BCUT2D eigenvalue weighted by Gasteiger charge is -2.24. The molecule has 66 valence electrons. The molecular weight excluding hydrogens is 172 g/mol. The number of nitrogens with two attached hydrogens (primary N) is 1. The van der Waals surface area contributed by atoms with Crippen molar-refractivity contribution in [3.8, 4) is 0 Å². The van der Waals surface area contributed by atoms with Crippen LogP contribution in [0.2, 0.25) is 0 Å². The SMILES string of the molecule is NCC1Cc2sncc2C(O)C1. The summed E-state index contributed by atoms with van der Waals surface area (Å²) in [6.45, 7) is 0.661. The molecule has 2 unspecified atom stereocenters. The predicted molar refractivity (Wildman–Crippen MR) is 47.9 cm³/mol. The zero-order chi connectivity index (χ0) is 8.55. The molecule has 0 bridgehead atoms. The Morgan fingerprint density at radius 1 is 1.75 bits per heavy atom. The van der Waals surface area contributed by atoms with Gasteiger partial charge in [0.1, 0.15) is 0 Å². The lowest BCUT2D eigenvalue weighted by atomic mass is 9.87. The fourth-order valence-electron chi connectivity index (χ4n) is 1.67. The maximum Gasteiger partial charge on any atom is 0.0819 e. The maximum absolute atomic E-state index is 9.66. The van der Waals surface area contributed by atoms with Crippen LogP contribution in [-0.4, -0.2) is 16.0 Å². The first-order chi connectivity index (χ1) is 5.81. The summed E-state index contributed by atoms with van der Waals surface area (Å²) in [5, 5.41) is 9.66. The van der Waals surface area contributed by atoms with Gasteiger partial charge in [-0.15, -0.1) is 0 Å². The van der Waals surface area contributed by atoms with Gasteiger partial charge in [-0.05, 0) is 36.8 Å². The van der Waals surface area contributed by atoms with Gasteiger partial charge in [0.15, 0.2) is 0 Å². The fraction of sp³-hybridized carbons (Fsp3) is 0.625. The predicted octanol–water partition coefficient (Wildman–Crippen LogP) is 0.698. The molecule has 3 N–H and O–H groups in total. The molecule has 1 aromatic rings. The third kappa shape index (κ3) is 1.26. The second-order valence-electron chi connectivity index (χ2n) is 3.26. The van der Waals surface area contributed by atoms with Crippen molar-refractivity contribution in [3.05, 3.63) is 16.6 Å². The van der Waals surface area contributed by atoms with E-state index < -0.39 is 0 Å². The van der Waals surface area contributed by atoms with Crippen LogP contribution in [0.3, 0.4) is 0 Å². The summed E-state index contributed by atoms with van der Waals surface area (Å²) in [7, 11) is 0. The van der Waals surface area contributed by atoms with Crippen molar-refractivity contribution in [1.82, 2.24) is 4.37 Å². The fourth-order valence-corrected chi connectivity index (χ4v) is 2.56. The molecule has 0 spiro atoms. The molecule has 0 saturated carbocycles. The zero-order valence-corrected chi connectivity index (χ0v) is 7.55. The van der Waals surface area contributed by atoms with Crippen LogP contribution in [-0.2, 0) is 6.42 Å². The highest BCUT2D eigenvalue weighted by Gasteiger charge is 2.26. The van der Waals surface area contributed by atoms with E-state index in [1.54, 1.807) is 6.20 Å². The van der Waals surface area contributed by atoms with Gasteiger partial charge in [0, 0.05) is 16.6 Å². The molecule has 0 aliphatic heterocycles. The first kappa shape index (κ1) is 8.16. The Labute approximate surface area is 75.4 Å². The normalized spacial score (nSPS) is 28.5. The highest BCUT2D eigenvalue weighted by molar-refractivity contribution is 7.05. The van der Waals surface area contributed by atoms with Crippen LogP contribution < -0.4 is 5.73 Å². The first-order valence-corrected chi connectivity index (χ1v) is 4.90. The molecule has 12 heavy (non-hydrogen) atoms. The van der Waals surface area contributed by atoms with Gasteiger partial charge in [0.25, 0.3) is 0 Å². The van der Waals surface area contributed by atoms with E-state index in [0.29, 0.717) is 12.5 Å². The van der Waals surface area contributed by atoms with Gasteiger partial charge < -0.3 is 10.8 Å². The van der Waals surface area contributed by atoms with Crippen molar-refractivity contribution < 1.29 is 5.11 Å². The van der Waals surface area contributed by atoms with Crippen LogP contribution >= 0.6 is 11.5 Å². The van der Waals surface area contributed by atoms with Crippen molar-refractivity contribution in [3.63, 3.8) is 0 Å². The van der Waals surface area contributed by atoms with Gasteiger partial charge in [-0.25, -0.2) is 4.37 Å². The molecule has 2 rings (SSSR count). The van der Waals surface area contributed by atoms with Crippen molar-refractivity contribution in [2.45, 2.75) is 18.9 Å². The number of hydrogen-bond acceptors (Lipinski definition) is 4. The van der Waals surface area contributed by atoms with E-state index >= 15 is 0 Å². The maximum atomic E-state index is 9.66. The number of rotatable bonds is 1. The average molecular weight is 184 g/mol. The molecule has 0 saturated heterocycles. The molecule has 0 fully saturated rings. The topological polar surface area (TPSA) is 59.1 Å². The monoisotopic (exact) mass is 184 g/mol. The first-order valence-electron chi connectivity index (χ1n) is 4.13. The van der Waals surface area contributed by atoms with E-state index in [1.807, 2.05) is 0 Å². The summed E-state index contributed by atoms with van der Waals surface area (Å²) in [6.07, 6.45) is 3.23. The molecule has 1 aliphatic rings. The van der Waals surface area contributed by atoms with Crippen LogP contribution in [0.5, 0.6) is 0 Å². The third-order valence-electron chi connectivity index (χ3n) is 2.40. The van der Waals surface area contributed by atoms with Gasteiger partial charge in [0.2, 0.25) is 0 Å². The molecule has 4 heteroatoms. The Hall–Kier alpha value is -0.450. The summed E-state index contributed by atoms with van der Waals surface area (Å²) >= 11 is 1.48. The summed E-state index contributed by atoms with van der Waals surface area (Å²) in [6, 6.07) is 0. The van der Waals surface area contributed by atoms with E-state index in [1.165, 1.54) is 16.4 Å². The molecule has 0 amide bonds. The van der Waals surface area contributed by atoms with Crippen LogP contribution in [0.25, 0.3) is 0 Å². The Balaban J connectivity index is 2.26. The van der Waals surface area contributed by atoms with Crippen molar-refractivity contribution >= 4 is 11.5 Å². The van der Waals surface area contributed by atoms with Crippen LogP contribution in [0.1, 0.15) is 23.0 Å². The van der Waals surface area contributed by atoms with Crippen molar-refractivity contribution in [2.24, 2.45) is 11.7 Å².